The van der Waals surface area contributed by atoms with Crippen molar-refractivity contribution in [1.29, 1.82) is 0 Å². The molecule has 26 heavy (non-hydrogen) atoms. The third-order valence-electron chi connectivity index (χ3n) is 4.52. The molecular formula is C19H25ClN2O3S. The van der Waals surface area contributed by atoms with E-state index in [1.54, 1.807) is 24.3 Å². The first-order chi connectivity index (χ1) is 12.1. The van der Waals surface area contributed by atoms with Crippen molar-refractivity contribution in [3.8, 4) is 5.75 Å². The lowest BCUT2D eigenvalue weighted by molar-refractivity contribution is 0.200. The zero-order valence-corrected chi connectivity index (χ0v) is 16.4. The van der Waals surface area contributed by atoms with Crippen molar-refractivity contribution >= 4 is 22.4 Å². The summed E-state index contributed by atoms with van der Waals surface area (Å²) in [6.45, 7) is 2.68. The summed E-state index contributed by atoms with van der Waals surface area (Å²) in [5.74, 6) is 0.372. The maximum absolute atomic E-state index is 12.6. The monoisotopic (exact) mass is 396 g/mol. The molecule has 2 aromatic carbocycles. The van der Waals surface area contributed by atoms with Crippen molar-refractivity contribution in [3.63, 3.8) is 0 Å². The molecule has 1 fully saturated rings. The predicted molar refractivity (Wildman–Crippen MR) is 105 cm³/mol. The SMILES string of the molecule is COc1ccccc1S(=O)(=O)NC1CCN(Cc2ccccc2)CC1.Cl. The lowest BCUT2D eigenvalue weighted by Gasteiger charge is -2.32. The van der Waals surface area contributed by atoms with Crippen LogP contribution in [0.2, 0.25) is 0 Å². The van der Waals surface area contributed by atoms with E-state index in [-0.39, 0.29) is 23.3 Å². The number of benzene rings is 2. The van der Waals surface area contributed by atoms with Gasteiger partial charge in [0.05, 0.1) is 7.11 Å². The summed E-state index contributed by atoms with van der Waals surface area (Å²) in [6, 6.07) is 17.0. The van der Waals surface area contributed by atoms with Gasteiger partial charge in [-0.1, -0.05) is 42.5 Å². The van der Waals surface area contributed by atoms with Crippen LogP contribution in [0.4, 0.5) is 0 Å². The lowest BCUT2D eigenvalue weighted by atomic mass is 10.1. The van der Waals surface area contributed by atoms with Crippen LogP contribution in [-0.2, 0) is 16.6 Å². The largest absolute Gasteiger partial charge is 0.495 e. The molecule has 1 N–H and O–H groups in total. The van der Waals surface area contributed by atoms with Crippen LogP contribution < -0.4 is 9.46 Å². The molecule has 5 nitrogen and oxygen atoms in total. The molecular weight excluding hydrogens is 372 g/mol. The smallest absolute Gasteiger partial charge is 0.244 e. The van der Waals surface area contributed by atoms with E-state index in [0.717, 1.165) is 32.5 Å². The quantitative estimate of drug-likeness (QED) is 0.815. The molecule has 3 rings (SSSR count). The minimum Gasteiger partial charge on any atom is -0.495 e. The van der Waals surface area contributed by atoms with E-state index >= 15 is 0 Å². The van der Waals surface area contributed by atoms with Crippen molar-refractivity contribution < 1.29 is 13.2 Å². The Balaban J connectivity index is 0.00000243. The van der Waals surface area contributed by atoms with Crippen molar-refractivity contribution in [1.82, 2.24) is 9.62 Å². The Morgan fingerprint density at radius 1 is 1.04 bits per heavy atom. The van der Waals surface area contributed by atoms with Gasteiger partial charge in [-0.25, -0.2) is 13.1 Å². The number of ether oxygens (including phenoxy) is 1. The molecule has 0 spiro atoms. The Kier molecular flexibility index (Phi) is 7.46. The van der Waals surface area contributed by atoms with Gasteiger partial charge in [-0.05, 0) is 30.5 Å². The first-order valence-corrected chi connectivity index (χ1v) is 9.98. The van der Waals surface area contributed by atoms with Gasteiger partial charge >= 0.3 is 0 Å². The van der Waals surface area contributed by atoms with E-state index in [2.05, 4.69) is 21.8 Å². The summed E-state index contributed by atoms with van der Waals surface area (Å²) < 4.78 is 33.3. The number of hydrogen-bond acceptors (Lipinski definition) is 4. The predicted octanol–water partition coefficient (Wildman–Crippen LogP) is 3.06. The van der Waals surface area contributed by atoms with Crippen LogP contribution in [0.5, 0.6) is 5.75 Å². The first kappa shape index (κ1) is 20.7. The number of halogens is 1. The van der Waals surface area contributed by atoms with Gasteiger partial charge in [0.1, 0.15) is 10.6 Å². The van der Waals surface area contributed by atoms with Gasteiger partial charge in [-0.3, -0.25) is 4.90 Å². The second kappa shape index (κ2) is 9.37. The number of piperidine rings is 1. The van der Waals surface area contributed by atoms with Crippen LogP contribution in [0.1, 0.15) is 18.4 Å². The van der Waals surface area contributed by atoms with Crippen LogP contribution in [0, 0.1) is 0 Å². The highest BCUT2D eigenvalue weighted by Gasteiger charge is 2.26. The van der Waals surface area contributed by atoms with Crippen molar-refractivity contribution in [2.75, 3.05) is 20.2 Å². The topological polar surface area (TPSA) is 58.6 Å². The van der Waals surface area contributed by atoms with Crippen molar-refractivity contribution in [3.05, 3.63) is 60.2 Å². The summed E-state index contributed by atoms with van der Waals surface area (Å²) in [5.41, 5.74) is 1.29. The third-order valence-corrected chi connectivity index (χ3v) is 6.08. The normalized spacial score (nSPS) is 16.0. The summed E-state index contributed by atoms with van der Waals surface area (Å²) in [6.07, 6.45) is 1.61. The zero-order chi connectivity index (χ0) is 17.7. The number of likely N-dealkylation sites (tertiary alicyclic amines) is 1. The average Bonchev–Trinajstić information content (AvgIpc) is 2.64. The standard InChI is InChI=1S/C19H24N2O3S.ClH/c1-24-18-9-5-6-10-19(18)25(22,23)20-17-11-13-21(14-12-17)15-16-7-3-2-4-8-16;/h2-10,17,20H,11-15H2,1H3;1H. The highest BCUT2D eigenvalue weighted by atomic mass is 35.5. The fourth-order valence-electron chi connectivity index (χ4n) is 3.17. The minimum atomic E-state index is -3.57. The van der Waals surface area contributed by atoms with Gasteiger partial charge in [0.25, 0.3) is 0 Å². The average molecular weight is 397 g/mol. The molecule has 0 amide bonds. The maximum atomic E-state index is 12.6. The summed E-state index contributed by atoms with van der Waals surface area (Å²) >= 11 is 0. The van der Waals surface area contributed by atoms with E-state index in [9.17, 15) is 8.42 Å². The van der Waals surface area contributed by atoms with Crippen LogP contribution in [0.3, 0.4) is 0 Å². The molecule has 0 saturated carbocycles. The molecule has 1 aliphatic rings. The summed E-state index contributed by atoms with van der Waals surface area (Å²) in [4.78, 5) is 2.56. The number of para-hydroxylation sites is 1. The van der Waals surface area contributed by atoms with Crippen LogP contribution >= 0.6 is 12.4 Å². The van der Waals surface area contributed by atoms with Crippen LogP contribution in [0.25, 0.3) is 0 Å². The number of sulfonamides is 1. The number of nitrogens with one attached hydrogen (secondary N) is 1. The molecule has 0 radical (unpaired) electrons. The van der Waals surface area contributed by atoms with Crippen LogP contribution in [-0.4, -0.2) is 39.6 Å². The third kappa shape index (κ3) is 5.20. The van der Waals surface area contributed by atoms with Gasteiger partial charge in [-0.15, -0.1) is 12.4 Å². The fraction of sp³-hybridized carbons (Fsp3) is 0.368. The zero-order valence-electron chi connectivity index (χ0n) is 14.8. The van der Waals surface area contributed by atoms with E-state index in [0.29, 0.717) is 5.75 Å². The number of hydrogen-bond donors (Lipinski definition) is 1. The van der Waals surface area contributed by atoms with Gasteiger partial charge in [0.15, 0.2) is 0 Å². The van der Waals surface area contributed by atoms with Crippen LogP contribution in [0.15, 0.2) is 59.5 Å². The van der Waals surface area contributed by atoms with E-state index in [1.807, 2.05) is 18.2 Å². The van der Waals surface area contributed by atoms with Gasteiger partial charge in [0, 0.05) is 25.7 Å². The number of rotatable bonds is 6. The highest BCUT2D eigenvalue weighted by molar-refractivity contribution is 7.89. The Labute approximate surface area is 161 Å². The Morgan fingerprint density at radius 3 is 2.31 bits per heavy atom. The molecule has 2 aromatic rings. The molecule has 1 aliphatic heterocycles. The Hall–Kier alpha value is -1.60. The number of methoxy groups -OCH3 is 1. The molecule has 0 bridgehead atoms. The second-order valence-corrected chi connectivity index (χ2v) is 7.99. The lowest BCUT2D eigenvalue weighted by Crippen LogP contribution is -2.44. The Morgan fingerprint density at radius 2 is 1.65 bits per heavy atom. The van der Waals surface area contributed by atoms with Gasteiger partial charge in [0.2, 0.25) is 10.0 Å². The van der Waals surface area contributed by atoms with Crippen molar-refractivity contribution in [2.24, 2.45) is 0 Å². The van der Waals surface area contributed by atoms with E-state index in [4.69, 9.17) is 4.74 Å². The fourth-order valence-corrected chi connectivity index (χ4v) is 4.65. The molecule has 1 saturated heterocycles. The van der Waals surface area contributed by atoms with E-state index in [1.165, 1.54) is 12.7 Å². The highest BCUT2D eigenvalue weighted by Crippen LogP contribution is 2.24. The molecule has 142 valence electrons. The second-order valence-electron chi connectivity index (χ2n) is 6.31. The minimum absolute atomic E-state index is 0. The Bertz CT molecular complexity index is 791. The van der Waals surface area contributed by atoms with Crippen molar-refractivity contribution in [2.45, 2.75) is 30.3 Å². The maximum Gasteiger partial charge on any atom is 0.244 e. The molecule has 0 atom stereocenters. The van der Waals surface area contributed by atoms with Gasteiger partial charge < -0.3 is 4.74 Å². The summed E-state index contributed by atoms with van der Waals surface area (Å²) in [5, 5.41) is 0. The molecule has 7 heteroatoms. The summed E-state index contributed by atoms with van der Waals surface area (Å²) in [7, 11) is -2.09. The first-order valence-electron chi connectivity index (χ1n) is 8.50. The molecule has 0 aromatic heterocycles. The van der Waals surface area contributed by atoms with E-state index < -0.39 is 10.0 Å². The molecule has 0 aliphatic carbocycles. The van der Waals surface area contributed by atoms with Gasteiger partial charge in [-0.2, -0.15) is 0 Å². The number of nitrogens with zero attached hydrogens (tertiary/aromatic N) is 1. The molecule has 1 heterocycles. The molecule has 0 unspecified atom stereocenters.